The van der Waals surface area contributed by atoms with Gasteiger partial charge in [-0.25, -0.2) is 0 Å². The smallest absolute Gasteiger partial charge is 0.118 e. The van der Waals surface area contributed by atoms with Crippen molar-refractivity contribution >= 4 is 0 Å². The van der Waals surface area contributed by atoms with E-state index in [2.05, 4.69) is 24.0 Å². The molecule has 6 nitrogen and oxygen atoms in total. The summed E-state index contributed by atoms with van der Waals surface area (Å²) in [6, 6.07) is 13.9. The summed E-state index contributed by atoms with van der Waals surface area (Å²) < 4.78 is 11.3. The van der Waals surface area contributed by atoms with E-state index in [9.17, 15) is 20.4 Å². The molecule has 0 saturated carbocycles. The normalized spacial score (nSPS) is 30.0. The topological polar surface area (TPSA) is 99.4 Å². The highest BCUT2D eigenvalue weighted by molar-refractivity contribution is 5.41. The van der Waals surface area contributed by atoms with E-state index in [1.54, 1.807) is 0 Å². The average Bonchev–Trinajstić information content (AvgIpc) is 3.33. The predicted octanol–water partition coefficient (Wildman–Crippen LogP) is 1.63. The molecule has 2 fully saturated rings. The van der Waals surface area contributed by atoms with Gasteiger partial charge < -0.3 is 29.9 Å². The minimum Gasteiger partial charge on any atom is -0.394 e. The average molecular weight is 439 g/mol. The molecule has 2 heterocycles. The summed E-state index contributed by atoms with van der Waals surface area (Å²) in [7, 11) is 0. The van der Waals surface area contributed by atoms with Crippen molar-refractivity contribution in [2.75, 3.05) is 13.2 Å². The van der Waals surface area contributed by atoms with Gasteiger partial charge in [-0.05, 0) is 60.6 Å². The van der Waals surface area contributed by atoms with Crippen LogP contribution in [0.15, 0.2) is 42.5 Å². The molecule has 4 N–H and O–H groups in total. The van der Waals surface area contributed by atoms with Gasteiger partial charge in [0.05, 0.1) is 6.61 Å². The van der Waals surface area contributed by atoms with E-state index in [4.69, 9.17) is 9.47 Å². The molecule has 2 aromatic carbocycles. The fourth-order valence-electron chi connectivity index (χ4n) is 4.22. The number of aliphatic hydroxyl groups is 4. The lowest BCUT2D eigenvalue weighted by molar-refractivity contribution is -0.231. The Labute approximate surface area is 188 Å². The number of hydrogen-bond donors (Lipinski definition) is 4. The van der Waals surface area contributed by atoms with Gasteiger partial charge in [0.25, 0.3) is 0 Å². The number of aliphatic hydroxyl groups excluding tert-OH is 4. The first-order valence-electron chi connectivity index (χ1n) is 11.1. The molecule has 6 atom stereocenters. The van der Waals surface area contributed by atoms with E-state index >= 15 is 0 Å². The van der Waals surface area contributed by atoms with Gasteiger partial charge in [0.15, 0.2) is 0 Å². The number of rotatable bonds is 4. The molecule has 32 heavy (non-hydrogen) atoms. The van der Waals surface area contributed by atoms with Crippen LogP contribution in [0.25, 0.3) is 0 Å². The molecule has 0 bridgehead atoms. The summed E-state index contributed by atoms with van der Waals surface area (Å²) >= 11 is 0. The van der Waals surface area contributed by atoms with E-state index in [1.807, 2.05) is 37.3 Å². The van der Waals surface area contributed by atoms with Crippen molar-refractivity contribution in [3.63, 3.8) is 0 Å². The summed E-state index contributed by atoms with van der Waals surface area (Å²) in [4.78, 5) is 0. The highest BCUT2D eigenvalue weighted by Gasteiger charge is 2.43. The Balaban J connectivity index is 1.49. The SMILES string of the molecule is Cc1ccc([C@@H]2O[C@H](CO)[C@@H](O)[C@H](O)C2O)cc1Cc1ccc(C#CC2CCCO2)cc1. The zero-order chi connectivity index (χ0) is 22.7. The molecule has 0 radical (unpaired) electrons. The molecule has 2 aliphatic rings. The van der Waals surface area contributed by atoms with Gasteiger partial charge in [-0.3, -0.25) is 0 Å². The molecule has 0 amide bonds. The van der Waals surface area contributed by atoms with Crippen LogP contribution >= 0.6 is 0 Å². The van der Waals surface area contributed by atoms with Crippen LogP contribution in [0, 0.1) is 18.8 Å². The maximum Gasteiger partial charge on any atom is 0.118 e. The predicted molar refractivity (Wildman–Crippen MR) is 119 cm³/mol. The van der Waals surface area contributed by atoms with E-state index in [-0.39, 0.29) is 6.10 Å². The van der Waals surface area contributed by atoms with Crippen LogP contribution in [-0.4, -0.2) is 64.2 Å². The van der Waals surface area contributed by atoms with Gasteiger partial charge in [-0.15, -0.1) is 0 Å². The molecule has 2 unspecified atom stereocenters. The van der Waals surface area contributed by atoms with Crippen molar-refractivity contribution < 1.29 is 29.9 Å². The van der Waals surface area contributed by atoms with Crippen molar-refractivity contribution in [2.45, 2.75) is 62.8 Å². The maximum absolute atomic E-state index is 10.4. The number of aryl methyl sites for hydroxylation is 1. The van der Waals surface area contributed by atoms with Crippen molar-refractivity contribution in [2.24, 2.45) is 0 Å². The summed E-state index contributed by atoms with van der Waals surface area (Å²) in [5, 5.41) is 40.0. The van der Waals surface area contributed by atoms with Crippen molar-refractivity contribution in [1.29, 1.82) is 0 Å². The molecular formula is C26H30O6. The Kier molecular flexibility index (Phi) is 7.27. The second-order valence-corrected chi connectivity index (χ2v) is 8.58. The lowest BCUT2D eigenvalue weighted by Gasteiger charge is -2.40. The van der Waals surface area contributed by atoms with Gasteiger partial charge in [0, 0.05) is 12.2 Å². The third-order valence-electron chi connectivity index (χ3n) is 6.25. The summed E-state index contributed by atoms with van der Waals surface area (Å²) in [6.07, 6.45) is -3.00. The quantitative estimate of drug-likeness (QED) is 0.542. The van der Waals surface area contributed by atoms with Crippen molar-refractivity contribution in [1.82, 2.24) is 0 Å². The first-order chi connectivity index (χ1) is 15.5. The molecule has 2 aromatic rings. The van der Waals surface area contributed by atoms with Gasteiger partial charge in [-0.2, -0.15) is 0 Å². The highest BCUT2D eigenvalue weighted by atomic mass is 16.5. The van der Waals surface area contributed by atoms with Crippen LogP contribution in [0.5, 0.6) is 0 Å². The van der Waals surface area contributed by atoms with Crippen LogP contribution < -0.4 is 0 Å². The first-order valence-corrected chi connectivity index (χ1v) is 11.1. The number of hydrogen-bond acceptors (Lipinski definition) is 6. The monoisotopic (exact) mass is 438 g/mol. The van der Waals surface area contributed by atoms with Crippen molar-refractivity contribution in [3.05, 3.63) is 70.3 Å². The molecule has 170 valence electrons. The van der Waals surface area contributed by atoms with Crippen molar-refractivity contribution in [3.8, 4) is 11.8 Å². The standard InChI is InChI=1S/C26H30O6/c1-16-4-10-19(26-25(30)24(29)23(28)22(15-27)32-26)14-20(16)13-18-7-5-17(6-8-18)9-11-21-3-2-12-31-21/h4-8,10,14,21-30H,2-3,12-13,15H2,1H3/t21?,22-,23-,24+,25?,26+/m1/s1. The van der Waals surface area contributed by atoms with Gasteiger partial charge in [0.2, 0.25) is 0 Å². The summed E-state index contributed by atoms with van der Waals surface area (Å²) in [6.45, 7) is 2.37. The van der Waals surface area contributed by atoms with E-state index in [0.717, 1.165) is 41.7 Å². The molecular weight excluding hydrogens is 408 g/mol. The Morgan fingerprint density at radius 1 is 1.00 bits per heavy atom. The van der Waals surface area contributed by atoms with E-state index in [0.29, 0.717) is 12.0 Å². The summed E-state index contributed by atoms with van der Waals surface area (Å²) in [5.74, 6) is 6.35. The number of ether oxygens (including phenoxy) is 2. The molecule has 6 heteroatoms. The Morgan fingerprint density at radius 3 is 2.47 bits per heavy atom. The summed E-state index contributed by atoms with van der Waals surface area (Å²) in [5.41, 5.74) is 4.94. The van der Waals surface area contributed by atoms with Crippen LogP contribution in [-0.2, 0) is 15.9 Å². The second kappa shape index (κ2) is 10.1. The van der Waals surface area contributed by atoms with Gasteiger partial charge >= 0.3 is 0 Å². The number of benzene rings is 2. The van der Waals surface area contributed by atoms with E-state index in [1.165, 1.54) is 0 Å². The Morgan fingerprint density at radius 2 is 1.78 bits per heavy atom. The largest absolute Gasteiger partial charge is 0.394 e. The first kappa shape index (κ1) is 22.9. The zero-order valence-electron chi connectivity index (χ0n) is 18.1. The Hall–Kier alpha value is -2.24. The fourth-order valence-corrected chi connectivity index (χ4v) is 4.22. The van der Waals surface area contributed by atoms with Crippen LogP contribution in [0.3, 0.4) is 0 Å². The lowest BCUT2D eigenvalue weighted by atomic mass is 9.89. The van der Waals surface area contributed by atoms with Gasteiger partial charge in [-0.1, -0.05) is 42.2 Å². The van der Waals surface area contributed by atoms with E-state index < -0.39 is 37.1 Å². The minimum atomic E-state index is -1.39. The zero-order valence-corrected chi connectivity index (χ0v) is 18.1. The fraction of sp³-hybridized carbons (Fsp3) is 0.462. The lowest BCUT2D eigenvalue weighted by Crippen LogP contribution is -2.55. The third-order valence-corrected chi connectivity index (χ3v) is 6.25. The molecule has 0 aromatic heterocycles. The molecule has 4 rings (SSSR count). The van der Waals surface area contributed by atoms with Crippen LogP contribution in [0.2, 0.25) is 0 Å². The minimum absolute atomic E-state index is 0.0440. The van der Waals surface area contributed by atoms with Crippen LogP contribution in [0.4, 0.5) is 0 Å². The third kappa shape index (κ3) is 5.05. The van der Waals surface area contributed by atoms with Gasteiger partial charge in [0.1, 0.15) is 36.6 Å². The molecule has 2 aliphatic heterocycles. The molecule has 0 aliphatic carbocycles. The molecule has 2 saturated heterocycles. The second-order valence-electron chi connectivity index (χ2n) is 8.58. The van der Waals surface area contributed by atoms with Crippen LogP contribution in [0.1, 0.15) is 46.8 Å². The molecule has 0 spiro atoms. The Bertz CT molecular complexity index is 968. The highest BCUT2D eigenvalue weighted by Crippen LogP contribution is 2.33. The maximum atomic E-state index is 10.4.